The summed E-state index contributed by atoms with van der Waals surface area (Å²) < 4.78 is 0. The Morgan fingerprint density at radius 2 is 1.52 bits per heavy atom. The second kappa shape index (κ2) is 7.67. The van der Waals surface area contributed by atoms with Crippen molar-refractivity contribution in [3.05, 3.63) is 77.0 Å². The number of amides is 1. The zero-order valence-corrected chi connectivity index (χ0v) is 15.1. The zero-order chi connectivity index (χ0) is 18.4. The van der Waals surface area contributed by atoms with E-state index in [1.54, 1.807) is 19.1 Å². The second-order valence-corrected chi connectivity index (χ2v) is 6.88. The first-order valence-corrected chi connectivity index (χ1v) is 8.16. The number of hydrogen-bond donors (Lipinski definition) is 2. The number of nitrogens with one attached hydrogen (secondary N) is 2. The van der Waals surface area contributed by atoms with Gasteiger partial charge in [0.25, 0.3) is 5.91 Å². The Kier molecular flexibility index (Phi) is 5.61. The molecule has 1 amide bonds. The predicted molar refractivity (Wildman–Crippen MR) is 100 cm³/mol. The van der Waals surface area contributed by atoms with E-state index in [1.165, 1.54) is 5.56 Å². The maximum absolute atomic E-state index is 12.3. The molecule has 0 unspecified atom stereocenters. The molecule has 4 heteroatoms. The quantitative estimate of drug-likeness (QED) is 0.652. The van der Waals surface area contributed by atoms with Gasteiger partial charge in [0.1, 0.15) is 6.07 Å². The van der Waals surface area contributed by atoms with Crippen LogP contribution >= 0.6 is 0 Å². The van der Waals surface area contributed by atoms with Crippen LogP contribution in [0.1, 0.15) is 49.2 Å². The Balaban J connectivity index is 2.09. The molecule has 2 rings (SSSR count). The minimum absolute atomic E-state index is 0.0456. The minimum Gasteiger partial charge on any atom is -0.301 e. The lowest BCUT2D eigenvalue weighted by Gasteiger charge is -2.19. The van der Waals surface area contributed by atoms with Gasteiger partial charge in [-0.1, -0.05) is 63.2 Å². The Morgan fingerprint density at radius 3 is 2.04 bits per heavy atom. The average Bonchev–Trinajstić information content (AvgIpc) is 2.60. The van der Waals surface area contributed by atoms with Crippen LogP contribution < -0.4 is 10.9 Å². The third kappa shape index (κ3) is 4.71. The van der Waals surface area contributed by atoms with E-state index < -0.39 is 0 Å². The summed E-state index contributed by atoms with van der Waals surface area (Å²) in [6.07, 6.45) is 0. The number of hydrogen-bond acceptors (Lipinski definition) is 3. The molecule has 0 spiro atoms. The molecule has 0 aliphatic rings. The Bertz CT molecular complexity index is 807. The van der Waals surface area contributed by atoms with Crippen LogP contribution in [0.15, 0.2) is 60.3 Å². The monoisotopic (exact) mass is 333 g/mol. The number of carbonyl (C=O) groups is 1. The number of carbonyl (C=O) groups excluding carboxylic acids is 1. The molecule has 0 aliphatic carbocycles. The number of allylic oxidation sites excluding steroid dienone is 2. The van der Waals surface area contributed by atoms with Gasteiger partial charge in [0, 0.05) is 11.3 Å². The van der Waals surface area contributed by atoms with E-state index in [4.69, 9.17) is 0 Å². The molecule has 0 aromatic heterocycles. The highest BCUT2D eigenvalue weighted by atomic mass is 16.2. The van der Waals surface area contributed by atoms with Crippen molar-refractivity contribution in [1.82, 2.24) is 10.9 Å². The lowest BCUT2D eigenvalue weighted by molar-refractivity contribution is 0.0939. The van der Waals surface area contributed by atoms with Crippen molar-refractivity contribution >= 4 is 11.5 Å². The number of rotatable bonds is 4. The topological polar surface area (TPSA) is 64.9 Å². The van der Waals surface area contributed by atoms with Crippen molar-refractivity contribution in [2.24, 2.45) is 0 Å². The molecule has 0 atom stereocenters. The van der Waals surface area contributed by atoms with Gasteiger partial charge in [0.15, 0.2) is 0 Å². The van der Waals surface area contributed by atoms with E-state index in [1.807, 2.05) is 42.5 Å². The van der Waals surface area contributed by atoms with E-state index in [9.17, 15) is 10.1 Å². The summed E-state index contributed by atoms with van der Waals surface area (Å²) in [6.45, 7) is 8.15. The zero-order valence-electron chi connectivity index (χ0n) is 15.1. The molecule has 0 bridgehead atoms. The SMILES string of the molecule is C/C(NNC(=O)c1ccc(C(C)(C)C)cc1)=C(/C#N)c1ccccc1. The molecule has 0 radical (unpaired) electrons. The second-order valence-electron chi connectivity index (χ2n) is 6.88. The van der Waals surface area contributed by atoms with Crippen LogP contribution in [-0.4, -0.2) is 5.91 Å². The van der Waals surface area contributed by atoms with Crippen molar-refractivity contribution in [1.29, 1.82) is 5.26 Å². The first kappa shape index (κ1) is 18.3. The molecular weight excluding hydrogens is 310 g/mol. The van der Waals surface area contributed by atoms with Crippen molar-refractivity contribution in [3.8, 4) is 6.07 Å². The Hall–Kier alpha value is -3.06. The maximum Gasteiger partial charge on any atom is 0.269 e. The fourth-order valence-electron chi connectivity index (χ4n) is 2.38. The van der Waals surface area contributed by atoms with Gasteiger partial charge in [0.05, 0.1) is 5.57 Å². The third-order valence-electron chi connectivity index (χ3n) is 3.93. The minimum atomic E-state index is -0.245. The molecule has 4 nitrogen and oxygen atoms in total. The fraction of sp³-hybridized carbons (Fsp3) is 0.238. The largest absolute Gasteiger partial charge is 0.301 e. The lowest BCUT2D eigenvalue weighted by atomic mass is 9.87. The van der Waals surface area contributed by atoms with Gasteiger partial charge in [-0.15, -0.1) is 0 Å². The van der Waals surface area contributed by atoms with E-state index in [-0.39, 0.29) is 11.3 Å². The van der Waals surface area contributed by atoms with Crippen LogP contribution in [0.5, 0.6) is 0 Å². The molecule has 0 saturated carbocycles. The van der Waals surface area contributed by atoms with Crippen LogP contribution in [0.25, 0.3) is 5.57 Å². The van der Waals surface area contributed by atoms with Crippen LogP contribution in [0.4, 0.5) is 0 Å². The summed E-state index contributed by atoms with van der Waals surface area (Å²) in [5.74, 6) is -0.245. The van der Waals surface area contributed by atoms with Gasteiger partial charge in [0.2, 0.25) is 0 Å². The van der Waals surface area contributed by atoms with Crippen molar-refractivity contribution in [2.45, 2.75) is 33.1 Å². The first-order valence-electron chi connectivity index (χ1n) is 8.16. The lowest BCUT2D eigenvalue weighted by Crippen LogP contribution is -2.36. The Morgan fingerprint density at radius 1 is 0.920 bits per heavy atom. The number of hydrazine groups is 1. The molecule has 0 fully saturated rings. The molecule has 25 heavy (non-hydrogen) atoms. The number of nitriles is 1. The molecule has 0 aliphatic heterocycles. The molecule has 0 heterocycles. The summed E-state index contributed by atoms with van der Waals surface area (Å²) >= 11 is 0. The number of benzene rings is 2. The van der Waals surface area contributed by atoms with E-state index in [0.29, 0.717) is 16.8 Å². The van der Waals surface area contributed by atoms with Crippen LogP contribution in [0.3, 0.4) is 0 Å². The molecular formula is C21H23N3O. The van der Waals surface area contributed by atoms with Gasteiger partial charge >= 0.3 is 0 Å². The highest BCUT2D eigenvalue weighted by molar-refractivity contribution is 5.94. The van der Waals surface area contributed by atoms with Gasteiger partial charge < -0.3 is 5.43 Å². The predicted octanol–water partition coefficient (Wildman–Crippen LogP) is 4.17. The molecule has 128 valence electrons. The molecule has 0 saturated heterocycles. The highest BCUT2D eigenvalue weighted by Crippen LogP contribution is 2.22. The summed E-state index contributed by atoms with van der Waals surface area (Å²) in [6, 6.07) is 19.1. The smallest absolute Gasteiger partial charge is 0.269 e. The normalized spacial score (nSPS) is 12.0. The van der Waals surface area contributed by atoms with E-state index in [0.717, 1.165) is 5.56 Å². The molecule has 2 aromatic carbocycles. The molecule has 2 N–H and O–H groups in total. The van der Waals surface area contributed by atoms with Gasteiger partial charge in [-0.3, -0.25) is 10.2 Å². The van der Waals surface area contributed by atoms with Crippen LogP contribution in [0, 0.1) is 11.3 Å². The molecule has 2 aromatic rings. The van der Waals surface area contributed by atoms with E-state index >= 15 is 0 Å². The van der Waals surface area contributed by atoms with Gasteiger partial charge in [-0.25, -0.2) is 0 Å². The summed E-state index contributed by atoms with van der Waals surface area (Å²) in [4.78, 5) is 12.3. The van der Waals surface area contributed by atoms with Crippen molar-refractivity contribution in [2.75, 3.05) is 0 Å². The highest BCUT2D eigenvalue weighted by Gasteiger charge is 2.14. The third-order valence-corrected chi connectivity index (χ3v) is 3.93. The van der Waals surface area contributed by atoms with Gasteiger partial charge in [-0.05, 0) is 35.6 Å². The maximum atomic E-state index is 12.3. The average molecular weight is 333 g/mol. The van der Waals surface area contributed by atoms with Crippen LogP contribution in [-0.2, 0) is 5.41 Å². The summed E-state index contributed by atoms with van der Waals surface area (Å²) in [7, 11) is 0. The summed E-state index contributed by atoms with van der Waals surface area (Å²) in [5.41, 5.74) is 9.14. The summed E-state index contributed by atoms with van der Waals surface area (Å²) in [5, 5.41) is 9.38. The van der Waals surface area contributed by atoms with Crippen molar-refractivity contribution in [3.63, 3.8) is 0 Å². The van der Waals surface area contributed by atoms with Crippen molar-refractivity contribution < 1.29 is 4.79 Å². The Labute approximate surface area is 149 Å². The first-order chi connectivity index (χ1) is 11.8. The van der Waals surface area contributed by atoms with E-state index in [2.05, 4.69) is 37.7 Å². The standard InChI is InChI=1S/C21H23N3O/c1-15(19(14-22)16-8-6-5-7-9-16)23-24-20(25)17-10-12-18(13-11-17)21(2,3)4/h5-13,23H,1-4H3,(H,24,25)/b19-15+. The van der Waals surface area contributed by atoms with Gasteiger partial charge in [-0.2, -0.15) is 5.26 Å². The fourth-order valence-corrected chi connectivity index (χ4v) is 2.38. The van der Waals surface area contributed by atoms with Crippen LogP contribution in [0.2, 0.25) is 0 Å². The number of nitrogens with zero attached hydrogens (tertiary/aromatic N) is 1.